The van der Waals surface area contributed by atoms with Crippen LogP contribution < -0.4 is 0 Å². The number of rotatable bonds is 13. The lowest BCUT2D eigenvalue weighted by Crippen LogP contribution is -2.65. The Morgan fingerprint density at radius 1 is 1.05 bits per heavy atom. The van der Waals surface area contributed by atoms with Gasteiger partial charge in [0, 0.05) is 39.1 Å². The molecule has 2 heterocycles. The molecule has 2 aliphatic heterocycles. The Kier molecular flexibility index (Phi) is 10.7. The summed E-state index contributed by atoms with van der Waals surface area (Å²) in [7, 11) is 3.34. The summed E-state index contributed by atoms with van der Waals surface area (Å²) in [5.74, 6) is 0.741. The van der Waals surface area contributed by atoms with Gasteiger partial charge in [-0.15, -0.1) is 23.5 Å². The molecule has 0 unspecified atom stereocenters. The van der Waals surface area contributed by atoms with E-state index in [0.29, 0.717) is 61.2 Å². The highest BCUT2D eigenvalue weighted by Crippen LogP contribution is 2.61. The van der Waals surface area contributed by atoms with Crippen LogP contribution in [0.25, 0.3) is 0 Å². The molecule has 0 N–H and O–H groups in total. The summed E-state index contributed by atoms with van der Waals surface area (Å²) in [6.07, 6.45) is 6.61. The van der Waals surface area contributed by atoms with Crippen molar-refractivity contribution in [2.45, 2.75) is 83.7 Å². The summed E-state index contributed by atoms with van der Waals surface area (Å²) in [5.41, 5.74) is -0.685. The van der Waals surface area contributed by atoms with Gasteiger partial charge in [0.05, 0.1) is 17.5 Å². The number of hydrogen-bond acceptors (Lipinski definition) is 8. The number of ether oxygens (including phenoxy) is 1. The van der Waals surface area contributed by atoms with Crippen LogP contribution in [0.3, 0.4) is 0 Å². The smallest absolute Gasteiger partial charge is 0.327 e. The molecule has 2 spiro atoms. The molecule has 0 aromatic rings. The molecule has 2 aliphatic carbocycles. The third-order valence-electron chi connectivity index (χ3n) is 9.43. The highest BCUT2D eigenvalue weighted by Gasteiger charge is 2.68. The number of imide groups is 2. The van der Waals surface area contributed by atoms with E-state index in [9.17, 15) is 24.0 Å². The number of likely N-dealkylation sites (N-methyl/N-ethyl adjacent to an activating group) is 2. The Hall–Kier alpha value is -2.05. The number of unbranched alkanes of at least 4 members (excludes halogenated alkanes) is 1. The summed E-state index contributed by atoms with van der Waals surface area (Å²) in [6.45, 7) is 8.06. The largest absolute Gasteiger partial charge is 0.381 e. The maximum absolute atomic E-state index is 14.0. The summed E-state index contributed by atoms with van der Waals surface area (Å²) in [5, 5.41) is 0. The van der Waals surface area contributed by atoms with Crippen LogP contribution in [-0.2, 0) is 23.9 Å². The van der Waals surface area contributed by atoms with Crippen molar-refractivity contribution in [2.24, 2.45) is 11.3 Å². The molecule has 0 atom stereocenters. The lowest BCUT2D eigenvalue weighted by molar-refractivity contribution is -0.153. The molecule has 0 bridgehead atoms. The van der Waals surface area contributed by atoms with Gasteiger partial charge in [-0.1, -0.05) is 27.2 Å². The molecule has 42 heavy (non-hydrogen) atoms. The third kappa shape index (κ3) is 6.13. The molecule has 234 valence electrons. The summed E-state index contributed by atoms with van der Waals surface area (Å²) < 4.78 is 5.98. The molecule has 0 radical (unpaired) electrons. The van der Waals surface area contributed by atoms with Gasteiger partial charge in [-0.05, 0) is 61.9 Å². The minimum Gasteiger partial charge on any atom is -0.381 e. The minimum absolute atomic E-state index is 0.0277. The van der Waals surface area contributed by atoms with E-state index in [2.05, 4.69) is 0 Å². The number of thioether (sulfide) groups is 2. The van der Waals surface area contributed by atoms with Crippen LogP contribution in [0.1, 0.15) is 72.1 Å². The Morgan fingerprint density at radius 3 is 2.17 bits per heavy atom. The van der Waals surface area contributed by atoms with Crippen LogP contribution in [-0.4, -0.2) is 113 Å². The lowest BCUT2D eigenvalue weighted by atomic mass is 9.51. The monoisotopic (exact) mass is 622 g/mol. The first-order valence-electron chi connectivity index (χ1n) is 15.3. The van der Waals surface area contributed by atoms with Gasteiger partial charge in [-0.3, -0.25) is 29.0 Å². The van der Waals surface area contributed by atoms with Crippen molar-refractivity contribution in [3.63, 3.8) is 0 Å². The SMILES string of the molecule is CCCCN(C=O)C(=O)C(C(=O)N(C)C1CCC2(CC1)CC1(C2)C(=O)N(C)C(=O)N1CC1COC1)=C(SCC)SCC. The number of carbonyl (C=O) groups excluding carboxylic acids is 5. The van der Waals surface area contributed by atoms with Gasteiger partial charge in [0.1, 0.15) is 11.1 Å². The first kappa shape index (κ1) is 32.9. The van der Waals surface area contributed by atoms with E-state index in [1.807, 2.05) is 20.8 Å². The fourth-order valence-electron chi connectivity index (χ4n) is 7.00. The van der Waals surface area contributed by atoms with Gasteiger partial charge >= 0.3 is 6.03 Å². The van der Waals surface area contributed by atoms with Crippen LogP contribution in [0, 0.1) is 11.3 Å². The molecule has 0 aromatic heterocycles. The molecular weight excluding hydrogens is 576 g/mol. The average Bonchev–Trinajstić information content (AvgIpc) is 3.11. The normalized spacial score (nSPS) is 27.2. The van der Waals surface area contributed by atoms with Crippen molar-refractivity contribution in [1.82, 2.24) is 19.6 Å². The van der Waals surface area contributed by atoms with Gasteiger partial charge in [0.15, 0.2) is 0 Å². The van der Waals surface area contributed by atoms with Gasteiger partial charge < -0.3 is 14.5 Å². The fourth-order valence-corrected chi connectivity index (χ4v) is 9.20. The van der Waals surface area contributed by atoms with Crippen LogP contribution in [0.5, 0.6) is 0 Å². The van der Waals surface area contributed by atoms with Crippen molar-refractivity contribution in [3.05, 3.63) is 9.81 Å². The maximum Gasteiger partial charge on any atom is 0.327 e. The molecule has 0 aromatic carbocycles. The molecule has 12 heteroatoms. The first-order valence-corrected chi connectivity index (χ1v) is 17.3. The van der Waals surface area contributed by atoms with Crippen molar-refractivity contribution in [2.75, 3.05) is 51.9 Å². The lowest BCUT2D eigenvalue weighted by Gasteiger charge is -2.59. The molecule has 2 saturated heterocycles. The quantitative estimate of drug-likeness (QED) is 0.1000. The second kappa shape index (κ2) is 13.7. The Bertz CT molecular complexity index is 1090. The average molecular weight is 623 g/mol. The van der Waals surface area contributed by atoms with Crippen LogP contribution >= 0.6 is 23.5 Å². The van der Waals surface area contributed by atoms with E-state index in [1.165, 1.54) is 28.4 Å². The highest BCUT2D eigenvalue weighted by atomic mass is 32.2. The Balaban J connectivity index is 1.46. The van der Waals surface area contributed by atoms with E-state index in [4.69, 9.17) is 4.74 Å². The van der Waals surface area contributed by atoms with E-state index < -0.39 is 11.4 Å². The second-order valence-electron chi connectivity index (χ2n) is 12.2. The standard InChI is InChI=1S/C30H46N4O6S2/c1-6-9-14-33(20-35)25(37)23(26(41-7-2)42-8-3)24(36)31(4)22-10-12-29(13-11-22)18-30(19-29)27(38)32(5)28(39)34(30)15-21-16-40-17-21/h20-22H,6-19H2,1-5H3. The Morgan fingerprint density at radius 2 is 1.67 bits per heavy atom. The first-order chi connectivity index (χ1) is 20.1. The van der Waals surface area contributed by atoms with Crippen LogP contribution in [0.4, 0.5) is 4.79 Å². The van der Waals surface area contributed by atoms with Crippen molar-refractivity contribution in [1.29, 1.82) is 0 Å². The van der Waals surface area contributed by atoms with Gasteiger partial charge in [-0.25, -0.2) is 4.79 Å². The fraction of sp³-hybridized carbons (Fsp3) is 0.767. The number of amides is 6. The van der Waals surface area contributed by atoms with E-state index in [0.717, 1.165) is 37.0 Å². The second-order valence-corrected chi connectivity index (χ2v) is 15.0. The number of urea groups is 1. The minimum atomic E-state index is -0.751. The van der Waals surface area contributed by atoms with Crippen molar-refractivity contribution < 1.29 is 28.7 Å². The zero-order valence-electron chi connectivity index (χ0n) is 25.7. The number of carbonyl (C=O) groups is 5. The van der Waals surface area contributed by atoms with Crippen LogP contribution in [0.15, 0.2) is 9.81 Å². The summed E-state index contributed by atoms with van der Waals surface area (Å²) >= 11 is 2.94. The summed E-state index contributed by atoms with van der Waals surface area (Å²) in [6, 6.07) is -0.257. The van der Waals surface area contributed by atoms with E-state index in [1.54, 1.807) is 23.9 Å². The van der Waals surface area contributed by atoms with Gasteiger partial charge in [0.2, 0.25) is 6.41 Å². The molecule has 2 saturated carbocycles. The van der Waals surface area contributed by atoms with Crippen molar-refractivity contribution >= 4 is 53.7 Å². The third-order valence-corrected chi connectivity index (χ3v) is 11.6. The Labute approximate surface area is 258 Å². The maximum atomic E-state index is 14.0. The zero-order valence-corrected chi connectivity index (χ0v) is 27.3. The number of nitrogens with zero attached hydrogens (tertiary/aromatic N) is 4. The topological polar surface area (TPSA) is 108 Å². The van der Waals surface area contributed by atoms with Gasteiger partial charge in [0.25, 0.3) is 17.7 Å². The molecule has 4 aliphatic rings. The zero-order chi connectivity index (χ0) is 30.7. The molecule has 10 nitrogen and oxygen atoms in total. The van der Waals surface area contributed by atoms with Crippen LogP contribution in [0.2, 0.25) is 0 Å². The highest BCUT2D eigenvalue weighted by molar-refractivity contribution is 8.22. The number of hydrogen-bond donors (Lipinski definition) is 0. The molecular formula is C30H46N4O6S2. The molecule has 4 fully saturated rings. The molecule has 4 rings (SSSR count). The van der Waals surface area contributed by atoms with Gasteiger partial charge in [-0.2, -0.15) is 0 Å². The predicted octanol–water partition coefficient (Wildman–Crippen LogP) is 3.95. The summed E-state index contributed by atoms with van der Waals surface area (Å²) in [4.78, 5) is 71.6. The molecule has 6 amide bonds. The predicted molar refractivity (Wildman–Crippen MR) is 165 cm³/mol. The van der Waals surface area contributed by atoms with Crippen molar-refractivity contribution in [3.8, 4) is 0 Å². The van der Waals surface area contributed by atoms with E-state index >= 15 is 0 Å². The van der Waals surface area contributed by atoms with E-state index in [-0.39, 0.29) is 47.3 Å².